The quantitative estimate of drug-likeness (QED) is 0.119. The molecule has 5 unspecified atom stereocenters. The molecule has 0 aliphatic heterocycles. The van der Waals surface area contributed by atoms with Gasteiger partial charge in [-0.05, 0) is 6.42 Å². The highest BCUT2D eigenvalue weighted by molar-refractivity contribution is 5.81. The summed E-state index contributed by atoms with van der Waals surface area (Å²) >= 11 is 0. The highest BCUT2D eigenvalue weighted by atomic mass is 16.4. The van der Waals surface area contributed by atoms with Crippen molar-refractivity contribution in [2.45, 2.75) is 114 Å². The van der Waals surface area contributed by atoms with Gasteiger partial charge in [-0.25, -0.2) is 0 Å². The van der Waals surface area contributed by atoms with Gasteiger partial charge in [0.15, 0.2) is 6.10 Å². The van der Waals surface area contributed by atoms with Crippen LogP contribution in [0.25, 0.3) is 0 Å². The first kappa shape index (κ1) is 31.2. The number of amides is 1. The standard InChI is InChI=1S/C23H47NO8/c1-2-3-4-5-6-7-8-9-10-11-12-13-14-24(15-16-25)23(32)22(31)21(30)20(29)19(28)18(27)17-26/h18-22,25-31H,2-17H2,1H3. The summed E-state index contributed by atoms with van der Waals surface area (Å²) in [6.45, 7) is 1.30. The predicted octanol–water partition coefficient (Wildman–Crippen LogP) is 0.305. The lowest BCUT2D eigenvalue weighted by Crippen LogP contribution is -2.55. The highest BCUT2D eigenvalue weighted by Crippen LogP contribution is 2.14. The molecule has 0 spiro atoms. The summed E-state index contributed by atoms with van der Waals surface area (Å²) in [5.74, 6) is -0.876. The van der Waals surface area contributed by atoms with Crippen molar-refractivity contribution >= 4 is 5.91 Å². The lowest BCUT2D eigenvalue weighted by Gasteiger charge is -2.31. The summed E-state index contributed by atoms with van der Waals surface area (Å²) in [6.07, 6.45) is 4.21. The molecule has 0 aliphatic carbocycles. The molecule has 0 saturated heterocycles. The summed E-state index contributed by atoms with van der Waals surface area (Å²) in [6, 6.07) is 0. The Kier molecular flexibility index (Phi) is 19.1. The first-order chi connectivity index (χ1) is 15.3. The highest BCUT2D eigenvalue weighted by Gasteiger charge is 2.38. The van der Waals surface area contributed by atoms with E-state index in [4.69, 9.17) is 5.11 Å². The van der Waals surface area contributed by atoms with E-state index in [1.807, 2.05) is 0 Å². The monoisotopic (exact) mass is 465 g/mol. The average Bonchev–Trinajstić information content (AvgIpc) is 2.80. The van der Waals surface area contributed by atoms with E-state index in [9.17, 15) is 35.4 Å². The van der Waals surface area contributed by atoms with E-state index >= 15 is 0 Å². The fraction of sp³-hybridized carbons (Fsp3) is 0.957. The molecule has 32 heavy (non-hydrogen) atoms. The van der Waals surface area contributed by atoms with Gasteiger partial charge < -0.3 is 40.6 Å². The number of hydrogen-bond acceptors (Lipinski definition) is 8. The zero-order chi connectivity index (χ0) is 24.4. The van der Waals surface area contributed by atoms with Crippen LogP contribution in [-0.4, -0.2) is 103 Å². The van der Waals surface area contributed by atoms with Crippen LogP contribution in [0.4, 0.5) is 0 Å². The van der Waals surface area contributed by atoms with Gasteiger partial charge in [-0.1, -0.05) is 77.6 Å². The Balaban J connectivity index is 4.22. The van der Waals surface area contributed by atoms with Crippen molar-refractivity contribution in [3.05, 3.63) is 0 Å². The predicted molar refractivity (Wildman–Crippen MR) is 122 cm³/mol. The molecular formula is C23H47NO8. The SMILES string of the molecule is CCCCCCCCCCCCCCN(CCO)C(=O)C(O)C(O)C(O)C(O)C(O)CO. The first-order valence-electron chi connectivity index (χ1n) is 12.2. The third-order valence-corrected chi connectivity index (χ3v) is 5.82. The lowest BCUT2D eigenvalue weighted by atomic mass is 9.98. The van der Waals surface area contributed by atoms with Crippen LogP contribution in [0.2, 0.25) is 0 Å². The third-order valence-electron chi connectivity index (χ3n) is 5.82. The maximum absolute atomic E-state index is 12.5. The van der Waals surface area contributed by atoms with Gasteiger partial charge >= 0.3 is 0 Å². The number of nitrogens with zero attached hydrogens (tertiary/aromatic N) is 1. The molecule has 0 aromatic rings. The molecule has 0 aliphatic rings. The van der Waals surface area contributed by atoms with Crippen molar-refractivity contribution in [2.24, 2.45) is 0 Å². The zero-order valence-electron chi connectivity index (χ0n) is 19.7. The van der Waals surface area contributed by atoms with Crippen LogP contribution in [0.1, 0.15) is 84.0 Å². The Hall–Kier alpha value is -0.810. The molecule has 0 bridgehead atoms. The smallest absolute Gasteiger partial charge is 0.254 e. The van der Waals surface area contributed by atoms with E-state index in [2.05, 4.69) is 6.92 Å². The molecule has 0 heterocycles. The van der Waals surface area contributed by atoms with Crippen molar-refractivity contribution < 1.29 is 40.5 Å². The molecule has 7 N–H and O–H groups in total. The molecule has 192 valence electrons. The Morgan fingerprint density at radius 1 is 0.656 bits per heavy atom. The minimum absolute atomic E-state index is 0.0292. The first-order valence-corrected chi connectivity index (χ1v) is 12.2. The van der Waals surface area contributed by atoms with Crippen molar-refractivity contribution in [3.8, 4) is 0 Å². The molecule has 9 heteroatoms. The molecule has 0 saturated carbocycles. The topological polar surface area (TPSA) is 162 Å². The van der Waals surface area contributed by atoms with E-state index in [-0.39, 0.29) is 13.2 Å². The van der Waals surface area contributed by atoms with Crippen LogP contribution in [0, 0.1) is 0 Å². The number of hydrogen-bond donors (Lipinski definition) is 7. The number of aliphatic hydroxyl groups is 7. The minimum atomic E-state index is -2.05. The molecule has 0 aromatic heterocycles. The maximum Gasteiger partial charge on any atom is 0.254 e. The van der Waals surface area contributed by atoms with Gasteiger partial charge in [-0.15, -0.1) is 0 Å². The second-order valence-corrected chi connectivity index (χ2v) is 8.60. The van der Waals surface area contributed by atoms with Crippen molar-refractivity contribution in [3.63, 3.8) is 0 Å². The number of rotatable bonds is 21. The zero-order valence-corrected chi connectivity index (χ0v) is 19.7. The Morgan fingerprint density at radius 2 is 1.12 bits per heavy atom. The van der Waals surface area contributed by atoms with E-state index in [1.54, 1.807) is 0 Å². The van der Waals surface area contributed by atoms with Crippen LogP contribution < -0.4 is 0 Å². The molecule has 1 amide bonds. The second kappa shape index (κ2) is 19.6. The fourth-order valence-corrected chi connectivity index (χ4v) is 3.65. The van der Waals surface area contributed by atoms with E-state index in [0.29, 0.717) is 13.0 Å². The van der Waals surface area contributed by atoms with Crippen molar-refractivity contribution in [1.29, 1.82) is 0 Å². The summed E-state index contributed by atoms with van der Waals surface area (Å²) in [5.41, 5.74) is 0. The summed E-state index contributed by atoms with van der Waals surface area (Å²) in [4.78, 5) is 13.7. The molecule has 0 aromatic carbocycles. The Bertz CT molecular complexity index is 454. The van der Waals surface area contributed by atoms with Gasteiger partial charge in [0.2, 0.25) is 0 Å². The van der Waals surface area contributed by atoms with Crippen LogP contribution >= 0.6 is 0 Å². The van der Waals surface area contributed by atoms with E-state index in [1.165, 1.54) is 56.3 Å². The van der Waals surface area contributed by atoms with Gasteiger partial charge in [-0.2, -0.15) is 0 Å². The fourth-order valence-electron chi connectivity index (χ4n) is 3.65. The molecule has 9 nitrogen and oxygen atoms in total. The minimum Gasteiger partial charge on any atom is -0.395 e. The third kappa shape index (κ3) is 13.0. The van der Waals surface area contributed by atoms with E-state index < -0.39 is 43.0 Å². The number of carbonyl (C=O) groups excluding carboxylic acids is 1. The van der Waals surface area contributed by atoms with Crippen LogP contribution in [0.3, 0.4) is 0 Å². The molecular weight excluding hydrogens is 418 g/mol. The van der Waals surface area contributed by atoms with Gasteiger partial charge in [0.1, 0.15) is 24.4 Å². The molecule has 0 rings (SSSR count). The van der Waals surface area contributed by atoms with Gasteiger partial charge in [0.05, 0.1) is 13.2 Å². The summed E-state index contributed by atoms with van der Waals surface area (Å²) < 4.78 is 0. The number of unbranched alkanes of at least 4 members (excludes halogenated alkanes) is 11. The molecule has 5 atom stereocenters. The van der Waals surface area contributed by atoms with Crippen molar-refractivity contribution in [2.75, 3.05) is 26.3 Å². The van der Waals surface area contributed by atoms with Gasteiger partial charge in [-0.3, -0.25) is 4.79 Å². The normalized spacial score (nSPS) is 16.4. The second-order valence-electron chi connectivity index (χ2n) is 8.60. The summed E-state index contributed by atoms with van der Waals surface area (Å²) in [5, 5.41) is 67.0. The van der Waals surface area contributed by atoms with Crippen LogP contribution in [0.15, 0.2) is 0 Å². The Morgan fingerprint density at radius 3 is 1.56 bits per heavy atom. The Labute approximate surface area is 192 Å². The van der Waals surface area contributed by atoms with Gasteiger partial charge in [0, 0.05) is 13.1 Å². The summed E-state index contributed by atoms with van der Waals surface area (Å²) in [7, 11) is 0. The molecule has 0 radical (unpaired) electrons. The van der Waals surface area contributed by atoms with Crippen LogP contribution in [-0.2, 0) is 4.79 Å². The van der Waals surface area contributed by atoms with E-state index in [0.717, 1.165) is 19.3 Å². The maximum atomic E-state index is 12.5. The van der Waals surface area contributed by atoms with Gasteiger partial charge in [0.25, 0.3) is 5.91 Å². The molecule has 0 fully saturated rings. The number of carbonyl (C=O) groups is 1. The largest absolute Gasteiger partial charge is 0.395 e. The lowest BCUT2D eigenvalue weighted by molar-refractivity contribution is -0.164. The van der Waals surface area contributed by atoms with Crippen LogP contribution in [0.5, 0.6) is 0 Å². The average molecular weight is 466 g/mol. The number of aliphatic hydroxyl groups excluding tert-OH is 7. The van der Waals surface area contributed by atoms with Crippen molar-refractivity contribution in [1.82, 2.24) is 4.90 Å².